The summed E-state index contributed by atoms with van der Waals surface area (Å²) < 4.78 is 42.2. The average molecular weight is 288 g/mol. The van der Waals surface area contributed by atoms with Gasteiger partial charge in [-0.05, 0) is 32.0 Å². The molecule has 1 aliphatic rings. The smallest absolute Gasteiger partial charge is 0.160 e. The molecular formula is C13H15F3N2S. The van der Waals surface area contributed by atoms with Gasteiger partial charge in [-0.25, -0.2) is 13.2 Å². The molecule has 6 heteroatoms. The molecule has 1 aromatic rings. The number of anilines is 1. The fraction of sp³-hybridized carbons (Fsp3) is 0.462. The Morgan fingerprint density at radius 3 is 2.68 bits per heavy atom. The van der Waals surface area contributed by atoms with Crippen molar-refractivity contribution in [2.75, 3.05) is 5.73 Å². The molecule has 0 saturated carbocycles. The van der Waals surface area contributed by atoms with Gasteiger partial charge in [-0.3, -0.25) is 0 Å². The zero-order valence-electron chi connectivity index (χ0n) is 10.6. The van der Waals surface area contributed by atoms with Crippen LogP contribution >= 0.6 is 12.2 Å². The summed E-state index contributed by atoms with van der Waals surface area (Å²) in [5.41, 5.74) is 2.63. The second kappa shape index (κ2) is 4.37. The van der Waals surface area contributed by atoms with Gasteiger partial charge in [0.1, 0.15) is 17.0 Å². The molecule has 2 rings (SSSR count). The first-order valence-corrected chi connectivity index (χ1v) is 6.29. The largest absolute Gasteiger partial charge is 0.399 e. The van der Waals surface area contributed by atoms with Crippen molar-refractivity contribution in [3.8, 4) is 0 Å². The lowest BCUT2D eigenvalue weighted by molar-refractivity contribution is 0.0857. The summed E-state index contributed by atoms with van der Waals surface area (Å²) in [5, 5.41) is 2.60. The van der Waals surface area contributed by atoms with Gasteiger partial charge in [-0.1, -0.05) is 12.2 Å². The predicted octanol–water partition coefficient (Wildman–Crippen LogP) is 3.01. The molecular weight excluding hydrogens is 273 g/mol. The standard InChI is InChI=1S/C13H15F3N2S/c1-12(16)6-10(15)13(2,18-11(12)19)8-5-7(17)3-4-9(8)14/h3-5,10H,6,17H2,1-2H3,(H,18,19)/t10-,12+,13+/m0/s1. The summed E-state index contributed by atoms with van der Waals surface area (Å²) in [6.45, 7) is 2.67. The molecule has 3 atom stereocenters. The van der Waals surface area contributed by atoms with E-state index in [1.165, 1.54) is 26.0 Å². The van der Waals surface area contributed by atoms with Crippen molar-refractivity contribution in [1.29, 1.82) is 0 Å². The average Bonchev–Trinajstić information content (AvgIpc) is 2.29. The first kappa shape index (κ1) is 14.1. The van der Waals surface area contributed by atoms with Crippen molar-refractivity contribution in [2.45, 2.75) is 37.6 Å². The van der Waals surface area contributed by atoms with Crippen molar-refractivity contribution in [1.82, 2.24) is 5.32 Å². The summed E-state index contributed by atoms with van der Waals surface area (Å²) >= 11 is 4.91. The zero-order valence-corrected chi connectivity index (χ0v) is 11.5. The van der Waals surface area contributed by atoms with Crippen molar-refractivity contribution < 1.29 is 13.2 Å². The number of nitrogen functional groups attached to an aromatic ring is 1. The normalized spacial score (nSPS) is 35.0. The molecule has 0 amide bonds. The molecule has 19 heavy (non-hydrogen) atoms. The number of nitrogens with two attached hydrogens (primary N) is 1. The van der Waals surface area contributed by atoms with Crippen LogP contribution in [0.3, 0.4) is 0 Å². The lowest BCUT2D eigenvalue weighted by Gasteiger charge is -2.44. The van der Waals surface area contributed by atoms with E-state index < -0.39 is 29.6 Å². The van der Waals surface area contributed by atoms with Gasteiger partial charge < -0.3 is 11.1 Å². The number of nitrogens with one attached hydrogen (secondary N) is 1. The number of hydrogen-bond acceptors (Lipinski definition) is 2. The van der Waals surface area contributed by atoms with Crippen LogP contribution in [-0.4, -0.2) is 16.8 Å². The fourth-order valence-corrected chi connectivity index (χ4v) is 2.55. The number of hydrogen-bond donors (Lipinski definition) is 2. The zero-order chi connectivity index (χ0) is 14.4. The Hall–Kier alpha value is -1.30. The van der Waals surface area contributed by atoms with Crippen LogP contribution in [0.25, 0.3) is 0 Å². The van der Waals surface area contributed by atoms with Crippen LogP contribution in [0.4, 0.5) is 18.9 Å². The highest BCUT2D eigenvalue weighted by Crippen LogP contribution is 2.40. The van der Waals surface area contributed by atoms with Gasteiger partial charge in [-0.2, -0.15) is 0 Å². The Bertz CT molecular complexity index is 533. The van der Waals surface area contributed by atoms with Gasteiger partial charge in [0.05, 0.1) is 5.54 Å². The van der Waals surface area contributed by atoms with Crippen LogP contribution in [0.2, 0.25) is 0 Å². The fourth-order valence-electron chi connectivity index (χ4n) is 2.25. The third-order valence-corrected chi connectivity index (χ3v) is 4.11. The summed E-state index contributed by atoms with van der Waals surface area (Å²) in [4.78, 5) is -0.120. The van der Waals surface area contributed by atoms with E-state index in [2.05, 4.69) is 5.32 Å². The maximum Gasteiger partial charge on any atom is 0.160 e. The summed E-state index contributed by atoms with van der Waals surface area (Å²) in [5.74, 6) is -0.600. The van der Waals surface area contributed by atoms with E-state index in [-0.39, 0.29) is 10.6 Å². The summed E-state index contributed by atoms with van der Waals surface area (Å²) in [7, 11) is 0. The topological polar surface area (TPSA) is 38.0 Å². The van der Waals surface area contributed by atoms with E-state index in [0.29, 0.717) is 5.69 Å². The van der Waals surface area contributed by atoms with Gasteiger partial charge >= 0.3 is 0 Å². The molecule has 1 aliphatic heterocycles. The number of thiocarbonyl (C=S) groups is 1. The number of benzene rings is 1. The first-order chi connectivity index (χ1) is 8.67. The molecule has 2 nitrogen and oxygen atoms in total. The molecule has 0 radical (unpaired) electrons. The van der Waals surface area contributed by atoms with Crippen molar-refractivity contribution >= 4 is 22.9 Å². The molecule has 0 bridgehead atoms. The minimum atomic E-state index is -1.93. The Balaban J connectivity index is 2.48. The highest BCUT2D eigenvalue weighted by atomic mass is 32.1. The third-order valence-electron chi connectivity index (χ3n) is 3.59. The highest BCUT2D eigenvalue weighted by Gasteiger charge is 2.50. The molecule has 1 saturated heterocycles. The second-order valence-corrected chi connectivity index (χ2v) is 5.67. The number of rotatable bonds is 1. The Labute approximate surface area is 115 Å². The lowest BCUT2D eigenvalue weighted by Crippen LogP contribution is -2.61. The van der Waals surface area contributed by atoms with Crippen LogP contribution in [0, 0.1) is 5.82 Å². The monoisotopic (exact) mass is 288 g/mol. The van der Waals surface area contributed by atoms with Crippen LogP contribution < -0.4 is 11.1 Å². The van der Waals surface area contributed by atoms with E-state index in [9.17, 15) is 13.2 Å². The van der Waals surface area contributed by atoms with Crippen LogP contribution in [0.1, 0.15) is 25.8 Å². The maximum atomic E-state index is 14.3. The quantitative estimate of drug-likeness (QED) is 0.616. The molecule has 3 N–H and O–H groups in total. The summed E-state index contributed by atoms with van der Waals surface area (Å²) in [6, 6.07) is 3.89. The van der Waals surface area contributed by atoms with E-state index in [1.54, 1.807) is 0 Å². The molecule has 0 spiro atoms. The van der Waals surface area contributed by atoms with Gasteiger partial charge in [0, 0.05) is 17.7 Å². The van der Waals surface area contributed by atoms with Crippen molar-refractivity contribution in [3.05, 3.63) is 29.6 Å². The van der Waals surface area contributed by atoms with Crippen LogP contribution in [0.15, 0.2) is 18.2 Å². The van der Waals surface area contributed by atoms with Crippen LogP contribution in [0.5, 0.6) is 0 Å². The molecule has 104 valence electrons. The molecule has 1 aromatic carbocycles. The van der Waals surface area contributed by atoms with E-state index in [0.717, 1.165) is 6.07 Å². The molecule has 0 aliphatic carbocycles. The predicted molar refractivity (Wildman–Crippen MR) is 72.9 cm³/mol. The maximum absolute atomic E-state index is 14.3. The highest BCUT2D eigenvalue weighted by molar-refractivity contribution is 7.80. The summed E-state index contributed by atoms with van der Waals surface area (Å²) in [6.07, 6.45) is -2.03. The van der Waals surface area contributed by atoms with Gasteiger partial charge in [0.15, 0.2) is 5.67 Å². The lowest BCUT2D eigenvalue weighted by atomic mass is 9.78. The van der Waals surface area contributed by atoms with Gasteiger partial charge in [-0.15, -0.1) is 0 Å². The third kappa shape index (κ3) is 2.29. The SMILES string of the molecule is C[C@@]1(F)C[C@H](F)[C@@](C)(c2cc(N)ccc2F)NC1=S. The minimum Gasteiger partial charge on any atom is -0.399 e. The van der Waals surface area contributed by atoms with Crippen molar-refractivity contribution in [2.24, 2.45) is 0 Å². The Kier molecular flexibility index (Phi) is 3.24. The number of alkyl halides is 2. The van der Waals surface area contributed by atoms with Gasteiger partial charge in [0.2, 0.25) is 0 Å². The minimum absolute atomic E-state index is 0.0536. The van der Waals surface area contributed by atoms with Crippen LogP contribution in [-0.2, 0) is 5.54 Å². The van der Waals surface area contributed by atoms with Crippen molar-refractivity contribution in [3.63, 3.8) is 0 Å². The van der Waals surface area contributed by atoms with E-state index in [4.69, 9.17) is 18.0 Å². The van der Waals surface area contributed by atoms with E-state index in [1.807, 2.05) is 0 Å². The molecule has 0 aromatic heterocycles. The molecule has 0 unspecified atom stereocenters. The van der Waals surface area contributed by atoms with E-state index >= 15 is 0 Å². The Morgan fingerprint density at radius 1 is 1.42 bits per heavy atom. The number of halogens is 3. The second-order valence-electron chi connectivity index (χ2n) is 5.26. The number of piperidine rings is 1. The molecule has 1 fully saturated rings. The molecule has 1 heterocycles. The Morgan fingerprint density at radius 2 is 2.05 bits per heavy atom. The first-order valence-electron chi connectivity index (χ1n) is 5.88. The van der Waals surface area contributed by atoms with Gasteiger partial charge in [0.25, 0.3) is 0 Å².